The van der Waals surface area contributed by atoms with Crippen molar-refractivity contribution in [3.63, 3.8) is 0 Å². The lowest BCUT2D eigenvalue weighted by Crippen LogP contribution is -2.65. The van der Waals surface area contributed by atoms with Crippen LogP contribution in [-0.4, -0.2) is 80.9 Å². The highest BCUT2D eigenvalue weighted by molar-refractivity contribution is 7.89. The molecule has 10 nitrogen and oxygen atoms in total. The van der Waals surface area contributed by atoms with Crippen LogP contribution in [0.15, 0.2) is 35.2 Å². The number of carbonyl (C=O) groups is 1. The number of amides is 2. The molecule has 0 radical (unpaired) electrons. The van der Waals surface area contributed by atoms with Crippen LogP contribution in [0.3, 0.4) is 0 Å². The largest absolute Gasteiger partial charge is 0.377 e. The van der Waals surface area contributed by atoms with Crippen LogP contribution in [0.1, 0.15) is 0 Å². The first kappa shape index (κ1) is 19.0. The molecule has 1 unspecified atom stereocenters. The van der Waals surface area contributed by atoms with Gasteiger partial charge in [0.15, 0.2) is 0 Å². The van der Waals surface area contributed by atoms with Crippen molar-refractivity contribution in [2.45, 2.75) is 11.1 Å². The van der Waals surface area contributed by atoms with E-state index in [4.69, 9.17) is 10.6 Å². The van der Waals surface area contributed by atoms with Gasteiger partial charge >= 0.3 is 6.03 Å². The predicted octanol–water partition coefficient (Wildman–Crippen LogP) is -1.26. The van der Waals surface area contributed by atoms with Crippen LogP contribution in [0.5, 0.6) is 0 Å². The summed E-state index contributed by atoms with van der Waals surface area (Å²) in [6, 6.07) is 7.45. The van der Waals surface area contributed by atoms with Crippen LogP contribution in [-0.2, 0) is 14.8 Å². The molecule has 2 fully saturated rings. The van der Waals surface area contributed by atoms with E-state index in [2.05, 4.69) is 10.7 Å². The van der Waals surface area contributed by atoms with Gasteiger partial charge < -0.3 is 15.0 Å². The number of hydrazine groups is 2. The highest BCUT2D eigenvalue weighted by Crippen LogP contribution is 2.19. The third-order valence-corrected chi connectivity index (χ3v) is 6.04. The van der Waals surface area contributed by atoms with Crippen molar-refractivity contribution in [3.05, 3.63) is 30.3 Å². The smallest absolute Gasteiger partial charge is 0.332 e. The molecule has 1 aromatic carbocycles. The van der Waals surface area contributed by atoms with E-state index in [-0.39, 0.29) is 11.5 Å². The SMILES string of the molecule is NN1CCOCC1N(NC(=O)N1CCNCC1)S(=O)(=O)c1ccccc1. The first-order valence-electron chi connectivity index (χ1n) is 8.45. The third kappa shape index (κ3) is 4.14. The van der Waals surface area contributed by atoms with Crippen LogP contribution in [0.25, 0.3) is 0 Å². The van der Waals surface area contributed by atoms with E-state index in [9.17, 15) is 13.2 Å². The van der Waals surface area contributed by atoms with Crippen LogP contribution >= 0.6 is 0 Å². The second kappa shape index (κ2) is 8.29. The maximum absolute atomic E-state index is 13.1. The summed E-state index contributed by atoms with van der Waals surface area (Å²) in [6.07, 6.45) is -0.833. The number of nitrogens with one attached hydrogen (secondary N) is 2. The number of hydrogen-bond acceptors (Lipinski definition) is 7. The summed E-state index contributed by atoms with van der Waals surface area (Å²) in [6.45, 7) is 3.14. The summed E-state index contributed by atoms with van der Waals surface area (Å²) >= 11 is 0. The number of piperazine rings is 1. The number of ether oxygens (including phenoxy) is 1. The molecule has 0 aromatic heterocycles. The Morgan fingerprint density at radius 3 is 2.58 bits per heavy atom. The van der Waals surface area contributed by atoms with Crippen molar-refractivity contribution in [1.29, 1.82) is 0 Å². The molecule has 0 saturated carbocycles. The molecule has 2 heterocycles. The van der Waals surface area contributed by atoms with Gasteiger partial charge in [-0.2, -0.15) is 0 Å². The van der Waals surface area contributed by atoms with Crippen molar-refractivity contribution in [2.75, 3.05) is 45.9 Å². The second-order valence-electron chi connectivity index (χ2n) is 6.06. The molecule has 0 bridgehead atoms. The Kier molecular flexibility index (Phi) is 6.06. The molecule has 2 aliphatic rings. The third-order valence-electron chi connectivity index (χ3n) is 4.32. The Balaban J connectivity index is 1.87. The minimum atomic E-state index is -4.01. The normalized spacial score (nSPS) is 22.4. The first-order chi connectivity index (χ1) is 12.5. The van der Waals surface area contributed by atoms with Gasteiger partial charge in [0, 0.05) is 32.7 Å². The first-order valence-corrected chi connectivity index (χ1v) is 9.89. The monoisotopic (exact) mass is 384 g/mol. The van der Waals surface area contributed by atoms with Crippen molar-refractivity contribution < 1.29 is 17.9 Å². The zero-order valence-electron chi connectivity index (χ0n) is 14.4. The molecular formula is C15H24N6O4S. The van der Waals surface area contributed by atoms with Gasteiger partial charge in [-0.25, -0.2) is 18.2 Å². The minimum absolute atomic E-state index is 0.0599. The molecule has 11 heteroatoms. The number of nitrogens with zero attached hydrogens (tertiary/aromatic N) is 3. The van der Waals surface area contributed by atoms with E-state index in [1.54, 1.807) is 23.1 Å². The molecule has 2 aliphatic heterocycles. The number of urea groups is 1. The molecule has 1 aromatic rings. The average molecular weight is 384 g/mol. The lowest BCUT2D eigenvalue weighted by molar-refractivity contribution is -0.0599. The fraction of sp³-hybridized carbons (Fsp3) is 0.533. The van der Waals surface area contributed by atoms with Crippen molar-refractivity contribution in [3.8, 4) is 0 Å². The van der Waals surface area contributed by atoms with E-state index < -0.39 is 22.2 Å². The summed E-state index contributed by atoms with van der Waals surface area (Å²) < 4.78 is 32.6. The van der Waals surface area contributed by atoms with Gasteiger partial charge in [-0.3, -0.25) is 11.3 Å². The zero-order valence-corrected chi connectivity index (χ0v) is 15.2. The van der Waals surface area contributed by atoms with E-state index >= 15 is 0 Å². The van der Waals surface area contributed by atoms with Gasteiger partial charge in [-0.15, -0.1) is 0 Å². The van der Waals surface area contributed by atoms with Crippen molar-refractivity contribution in [1.82, 2.24) is 25.1 Å². The van der Waals surface area contributed by atoms with E-state index in [1.165, 1.54) is 17.1 Å². The summed E-state index contributed by atoms with van der Waals surface area (Å²) in [5, 5.41) is 4.51. The van der Waals surface area contributed by atoms with Gasteiger partial charge in [0.25, 0.3) is 10.0 Å². The van der Waals surface area contributed by atoms with Gasteiger partial charge in [0.05, 0.1) is 18.1 Å². The molecule has 26 heavy (non-hydrogen) atoms. The molecule has 0 aliphatic carbocycles. The number of benzene rings is 1. The van der Waals surface area contributed by atoms with E-state index in [0.29, 0.717) is 39.3 Å². The number of morpholine rings is 1. The Morgan fingerprint density at radius 2 is 1.92 bits per heavy atom. The number of nitrogens with two attached hydrogens (primary N) is 1. The Morgan fingerprint density at radius 1 is 1.23 bits per heavy atom. The quantitative estimate of drug-likeness (QED) is 0.438. The lowest BCUT2D eigenvalue weighted by atomic mass is 10.4. The summed E-state index contributed by atoms with van der Waals surface area (Å²) in [7, 11) is -4.01. The molecule has 2 amide bonds. The molecule has 1 atom stereocenters. The maximum atomic E-state index is 13.1. The topological polar surface area (TPSA) is 120 Å². The van der Waals surface area contributed by atoms with Crippen LogP contribution in [0, 0.1) is 0 Å². The van der Waals surface area contributed by atoms with Gasteiger partial charge in [0.1, 0.15) is 6.17 Å². The predicted molar refractivity (Wildman–Crippen MR) is 93.9 cm³/mol. The molecule has 2 saturated heterocycles. The molecule has 3 rings (SSSR count). The molecule has 0 spiro atoms. The van der Waals surface area contributed by atoms with Gasteiger partial charge in [0.2, 0.25) is 0 Å². The molecule has 144 valence electrons. The summed E-state index contributed by atoms with van der Waals surface area (Å²) in [5.41, 5.74) is 2.53. The fourth-order valence-electron chi connectivity index (χ4n) is 2.84. The fourth-order valence-corrected chi connectivity index (χ4v) is 4.27. The standard InChI is InChI=1S/C15H24N6O4S/c16-20-10-11-25-12-14(20)21(18-15(22)19-8-6-17-7-9-19)26(23,24)13-4-2-1-3-5-13/h1-5,14,17H,6-12,16H2,(H,18,22). The Labute approximate surface area is 152 Å². The number of hydrogen-bond donors (Lipinski definition) is 3. The van der Waals surface area contributed by atoms with Gasteiger partial charge in [-0.05, 0) is 12.1 Å². The number of sulfonamides is 1. The highest BCUT2D eigenvalue weighted by Gasteiger charge is 2.38. The van der Waals surface area contributed by atoms with Crippen molar-refractivity contribution in [2.24, 2.45) is 5.84 Å². The summed E-state index contributed by atoms with van der Waals surface area (Å²) in [5.74, 6) is 5.98. The minimum Gasteiger partial charge on any atom is -0.377 e. The summed E-state index contributed by atoms with van der Waals surface area (Å²) in [4.78, 5) is 14.2. The number of rotatable bonds is 4. The molecular weight excluding hydrogens is 360 g/mol. The average Bonchev–Trinajstić information content (AvgIpc) is 2.68. The maximum Gasteiger partial charge on any atom is 0.332 e. The number of carbonyl (C=O) groups excluding carboxylic acids is 1. The van der Waals surface area contributed by atoms with Crippen LogP contribution < -0.4 is 16.6 Å². The highest BCUT2D eigenvalue weighted by atomic mass is 32.2. The van der Waals surface area contributed by atoms with Crippen molar-refractivity contribution >= 4 is 16.1 Å². The Bertz CT molecular complexity index is 710. The lowest BCUT2D eigenvalue weighted by Gasteiger charge is -2.39. The zero-order chi connectivity index (χ0) is 18.6. The van der Waals surface area contributed by atoms with Crippen LogP contribution in [0.2, 0.25) is 0 Å². The Hall–Kier alpha value is -1.76. The van der Waals surface area contributed by atoms with E-state index in [1.807, 2.05) is 0 Å². The van der Waals surface area contributed by atoms with E-state index in [0.717, 1.165) is 4.41 Å². The van der Waals surface area contributed by atoms with Gasteiger partial charge in [-0.1, -0.05) is 22.6 Å². The molecule has 4 N–H and O–H groups in total. The second-order valence-corrected chi connectivity index (χ2v) is 7.88. The van der Waals surface area contributed by atoms with Crippen LogP contribution in [0.4, 0.5) is 4.79 Å².